The van der Waals surface area contributed by atoms with Crippen LogP contribution in [-0.2, 0) is 9.59 Å². The minimum atomic E-state index is -0.186. The lowest BCUT2D eigenvalue weighted by molar-refractivity contribution is -0.162. The molecule has 1 unspecified atom stereocenters. The van der Waals surface area contributed by atoms with E-state index >= 15 is 0 Å². The summed E-state index contributed by atoms with van der Waals surface area (Å²) in [5, 5.41) is 3.37. The van der Waals surface area contributed by atoms with Crippen molar-refractivity contribution in [1.82, 2.24) is 15.1 Å². The third-order valence-corrected chi connectivity index (χ3v) is 7.94. The summed E-state index contributed by atoms with van der Waals surface area (Å²) in [5.41, 5.74) is -0.113. The molecule has 5 heteroatoms. The molecule has 4 aliphatic carbocycles. The molecule has 4 saturated carbocycles. The van der Waals surface area contributed by atoms with Gasteiger partial charge in [-0.25, -0.2) is 0 Å². The first kappa shape index (κ1) is 17.0. The Hall–Kier alpha value is -1.10. The van der Waals surface area contributed by atoms with Gasteiger partial charge in [-0.05, 0) is 82.1 Å². The molecule has 0 aromatic rings. The zero-order chi connectivity index (χ0) is 17.7. The molecule has 6 rings (SSSR count). The van der Waals surface area contributed by atoms with Crippen LogP contribution in [0.2, 0.25) is 0 Å². The number of carbonyl (C=O) groups is 2. The van der Waals surface area contributed by atoms with Crippen LogP contribution in [0.15, 0.2) is 0 Å². The molecule has 6 aliphatic rings. The normalized spacial score (nSPS) is 42.2. The number of nitrogens with zero attached hydrogens (tertiary/aromatic N) is 2. The summed E-state index contributed by atoms with van der Waals surface area (Å²) in [6.45, 7) is 4.28. The van der Waals surface area contributed by atoms with Crippen LogP contribution in [0.25, 0.3) is 0 Å². The van der Waals surface area contributed by atoms with Gasteiger partial charge in [-0.1, -0.05) is 0 Å². The van der Waals surface area contributed by atoms with Crippen molar-refractivity contribution in [3.05, 3.63) is 0 Å². The van der Waals surface area contributed by atoms with Gasteiger partial charge in [0.2, 0.25) is 11.8 Å². The fourth-order valence-corrected chi connectivity index (χ4v) is 7.22. The summed E-state index contributed by atoms with van der Waals surface area (Å²) < 4.78 is 0. The van der Waals surface area contributed by atoms with Gasteiger partial charge >= 0.3 is 0 Å². The fraction of sp³-hybridized carbons (Fsp3) is 0.905. The maximum atomic E-state index is 13.7. The van der Waals surface area contributed by atoms with Crippen molar-refractivity contribution in [2.75, 3.05) is 32.7 Å². The van der Waals surface area contributed by atoms with Crippen LogP contribution in [0, 0.1) is 23.2 Å². The third kappa shape index (κ3) is 2.78. The minimum absolute atomic E-state index is 0.113. The molecule has 2 aliphatic heterocycles. The summed E-state index contributed by atoms with van der Waals surface area (Å²) in [6, 6.07) is -0.186. The molecule has 2 heterocycles. The Labute approximate surface area is 156 Å². The van der Waals surface area contributed by atoms with E-state index in [0.29, 0.717) is 5.91 Å². The van der Waals surface area contributed by atoms with Crippen molar-refractivity contribution in [3.8, 4) is 0 Å². The summed E-state index contributed by atoms with van der Waals surface area (Å²) in [5.74, 6) is 2.89. The molecule has 1 atom stereocenters. The molecule has 6 fully saturated rings. The second-order valence-electron chi connectivity index (χ2n) is 9.78. The van der Waals surface area contributed by atoms with E-state index in [9.17, 15) is 9.59 Å². The highest BCUT2D eigenvalue weighted by atomic mass is 16.2. The SMILES string of the molecule is O=C(C1CCCN1C(=O)C12CC3CC(CC(C3)C1)C2)N1CCCNCC1. The van der Waals surface area contributed by atoms with Crippen LogP contribution in [0.3, 0.4) is 0 Å². The predicted octanol–water partition coefficient (Wildman–Crippen LogP) is 2.02. The van der Waals surface area contributed by atoms with Gasteiger partial charge in [0.1, 0.15) is 6.04 Å². The molecule has 2 amide bonds. The number of amides is 2. The third-order valence-electron chi connectivity index (χ3n) is 7.94. The molecule has 144 valence electrons. The lowest BCUT2D eigenvalue weighted by atomic mass is 9.49. The van der Waals surface area contributed by atoms with Crippen LogP contribution in [0.4, 0.5) is 0 Å². The Kier molecular flexibility index (Phi) is 4.26. The Balaban J connectivity index is 1.34. The standard InChI is InChI=1S/C21H33N3O2/c25-19(23-6-2-4-22-5-8-23)18-3-1-7-24(18)20(26)21-12-15-9-16(13-21)11-17(10-15)14-21/h15-18,22H,1-14H2. The summed E-state index contributed by atoms with van der Waals surface area (Å²) >= 11 is 0. The van der Waals surface area contributed by atoms with Gasteiger partial charge in [-0.3, -0.25) is 9.59 Å². The van der Waals surface area contributed by atoms with Crippen LogP contribution < -0.4 is 5.32 Å². The number of hydrogen-bond acceptors (Lipinski definition) is 3. The molecule has 26 heavy (non-hydrogen) atoms. The maximum Gasteiger partial charge on any atom is 0.245 e. The van der Waals surface area contributed by atoms with Gasteiger partial charge in [-0.15, -0.1) is 0 Å². The van der Waals surface area contributed by atoms with Gasteiger partial charge < -0.3 is 15.1 Å². The molecule has 0 spiro atoms. The molecule has 1 N–H and O–H groups in total. The van der Waals surface area contributed by atoms with E-state index in [4.69, 9.17) is 0 Å². The van der Waals surface area contributed by atoms with Crippen LogP contribution >= 0.6 is 0 Å². The van der Waals surface area contributed by atoms with E-state index in [1.807, 2.05) is 9.80 Å². The van der Waals surface area contributed by atoms with Gasteiger partial charge in [0, 0.05) is 26.2 Å². The maximum absolute atomic E-state index is 13.7. The average molecular weight is 360 g/mol. The Morgan fingerprint density at radius 3 is 2.23 bits per heavy atom. The van der Waals surface area contributed by atoms with E-state index in [1.54, 1.807) is 0 Å². The van der Waals surface area contributed by atoms with Crippen molar-refractivity contribution >= 4 is 11.8 Å². The van der Waals surface area contributed by atoms with Crippen molar-refractivity contribution in [2.24, 2.45) is 23.2 Å². The highest BCUT2D eigenvalue weighted by molar-refractivity contribution is 5.91. The lowest BCUT2D eigenvalue weighted by Gasteiger charge is -2.56. The van der Waals surface area contributed by atoms with Gasteiger partial charge in [-0.2, -0.15) is 0 Å². The fourth-order valence-electron chi connectivity index (χ4n) is 7.22. The first-order valence-corrected chi connectivity index (χ1v) is 11.0. The topological polar surface area (TPSA) is 52.7 Å². The summed E-state index contributed by atoms with van der Waals surface area (Å²) in [6.07, 6.45) is 10.2. The largest absolute Gasteiger partial charge is 0.340 e. The Morgan fingerprint density at radius 1 is 0.846 bits per heavy atom. The van der Waals surface area contributed by atoms with E-state index in [0.717, 1.165) is 89.0 Å². The number of rotatable bonds is 2. The zero-order valence-corrected chi connectivity index (χ0v) is 15.9. The van der Waals surface area contributed by atoms with Gasteiger partial charge in [0.25, 0.3) is 0 Å². The Morgan fingerprint density at radius 2 is 1.54 bits per heavy atom. The van der Waals surface area contributed by atoms with Crippen molar-refractivity contribution in [2.45, 2.75) is 63.8 Å². The van der Waals surface area contributed by atoms with Crippen LogP contribution in [0.5, 0.6) is 0 Å². The predicted molar refractivity (Wildman–Crippen MR) is 99.4 cm³/mol. The van der Waals surface area contributed by atoms with Crippen LogP contribution in [-0.4, -0.2) is 60.4 Å². The minimum Gasteiger partial charge on any atom is -0.340 e. The molecular weight excluding hydrogens is 326 g/mol. The highest BCUT2D eigenvalue weighted by Gasteiger charge is 2.57. The molecule has 2 saturated heterocycles. The number of likely N-dealkylation sites (tertiary alicyclic amines) is 1. The molecule has 4 bridgehead atoms. The quantitative estimate of drug-likeness (QED) is 0.821. The van der Waals surface area contributed by atoms with Crippen LogP contribution in [0.1, 0.15) is 57.8 Å². The van der Waals surface area contributed by atoms with Crippen molar-refractivity contribution in [3.63, 3.8) is 0 Å². The molecule has 0 aromatic heterocycles. The molecule has 0 radical (unpaired) electrons. The van der Waals surface area contributed by atoms with E-state index in [2.05, 4.69) is 5.32 Å². The van der Waals surface area contributed by atoms with Gasteiger partial charge in [0.05, 0.1) is 5.41 Å². The number of nitrogens with one attached hydrogen (secondary N) is 1. The highest BCUT2D eigenvalue weighted by Crippen LogP contribution is 2.60. The first-order valence-electron chi connectivity index (χ1n) is 11.0. The first-order chi connectivity index (χ1) is 12.6. The van der Waals surface area contributed by atoms with Crippen molar-refractivity contribution in [1.29, 1.82) is 0 Å². The molecule has 5 nitrogen and oxygen atoms in total. The smallest absolute Gasteiger partial charge is 0.245 e. The number of carbonyl (C=O) groups excluding carboxylic acids is 2. The van der Waals surface area contributed by atoms with E-state index in [-0.39, 0.29) is 17.4 Å². The summed E-state index contributed by atoms with van der Waals surface area (Å²) in [4.78, 5) is 30.9. The van der Waals surface area contributed by atoms with Crippen molar-refractivity contribution < 1.29 is 9.59 Å². The number of hydrogen-bond donors (Lipinski definition) is 1. The van der Waals surface area contributed by atoms with E-state index < -0.39 is 0 Å². The Bertz CT molecular complexity index is 547. The van der Waals surface area contributed by atoms with E-state index in [1.165, 1.54) is 19.3 Å². The summed E-state index contributed by atoms with van der Waals surface area (Å²) in [7, 11) is 0. The average Bonchev–Trinajstić information content (AvgIpc) is 2.94. The zero-order valence-electron chi connectivity index (χ0n) is 15.9. The lowest BCUT2D eigenvalue weighted by Crippen LogP contribution is -2.57. The second-order valence-corrected chi connectivity index (χ2v) is 9.78. The molecule has 0 aromatic carbocycles. The molecular formula is C21H33N3O2. The van der Waals surface area contributed by atoms with Gasteiger partial charge in [0.15, 0.2) is 0 Å². The monoisotopic (exact) mass is 359 g/mol. The second kappa shape index (κ2) is 6.50.